The van der Waals surface area contributed by atoms with Gasteiger partial charge in [-0.1, -0.05) is 380 Å². The molecule has 362 valence electrons. The second-order valence-electron chi connectivity index (χ2n) is 20.9. The predicted octanol–water partition coefficient (Wildman–Crippen LogP) is 23.5. The van der Waals surface area contributed by atoms with E-state index in [-0.39, 0.29) is 0 Å². The molecule has 0 aromatic heterocycles. The van der Waals surface area contributed by atoms with Crippen LogP contribution in [-0.2, 0) is 0 Å². The van der Waals surface area contributed by atoms with Crippen LogP contribution in [0.2, 0.25) is 0 Å². The molecule has 0 saturated carbocycles. The van der Waals surface area contributed by atoms with E-state index < -0.39 is 0 Å². The Balaban J connectivity index is 3.85. The molecule has 0 aliphatic rings. The van der Waals surface area contributed by atoms with Gasteiger partial charge in [-0.3, -0.25) is 0 Å². The maximum absolute atomic E-state index is 2.32. The van der Waals surface area contributed by atoms with Crippen LogP contribution in [0.4, 0.5) is 0 Å². The minimum absolute atomic E-state index is 1.03. The van der Waals surface area contributed by atoms with Crippen LogP contribution in [0.5, 0.6) is 0 Å². The third-order valence-electron chi connectivity index (χ3n) is 14.6. The van der Waals surface area contributed by atoms with Gasteiger partial charge in [0.2, 0.25) is 0 Å². The molecule has 0 N–H and O–H groups in total. The molecule has 0 bridgehead atoms. The first-order valence-corrected chi connectivity index (χ1v) is 29.8. The Labute approximate surface area is 384 Å². The summed E-state index contributed by atoms with van der Waals surface area (Å²) >= 11 is 0. The molecule has 0 rings (SSSR count). The molecule has 0 nitrogen and oxygen atoms in total. The van der Waals surface area contributed by atoms with Crippen molar-refractivity contribution in [3.05, 3.63) is 0 Å². The highest BCUT2D eigenvalue weighted by Crippen LogP contribution is 2.26. The summed E-state index contributed by atoms with van der Waals surface area (Å²) in [6.07, 6.45) is 83.3. The molecule has 0 atom stereocenters. The van der Waals surface area contributed by atoms with Crippen molar-refractivity contribution in [2.45, 2.75) is 380 Å². The van der Waals surface area contributed by atoms with E-state index in [0.717, 1.165) is 5.92 Å². The highest BCUT2D eigenvalue weighted by atomic mass is 14.2. The van der Waals surface area contributed by atoms with Gasteiger partial charge < -0.3 is 0 Å². The molecule has 0 amide bonds. The van der Waals surface area contributed by atoms with Crippen molar-refractivity contribution in [2.75, 3.05) is 0 Å². The van der Waals surface area contributed by atoms with Gasteiger partial charge in [0, 0.05) is 0 Å². The van der Waals surface area contributed by atoms with E-state index >= 15 is 0 Å². The second-order valence-corrected chi connectivity index (χ2v) is 20.9. The summed E-state index contributed by atoms with van der Waals surface area (Å²) in [5.74, 6) is 1.03. The Morgan fingerprint density at radius 2 is 0.233 bits per heavy atom. The fourth-order valence-corrected chi connectivity index (χ4v) is 10.3. The Hall–Kier alpha value is 0. The lowest BCUT2D eigenvalue weighted by molar-refractivity contribution is 0.365. The number of hydrogen-bond donors (Lipinski definition) is 0. The normalized spacial score (nSPS) is 11.8. The number of rotatable bonds is 56. The average molecular weight is 844 g/mol. The predicted molar refractivity (Wildman–Crippen MR) is 279 cm³/mol. The van der Waals surface area contributed by atoms with Gasteiger partial charge in [0.1, 0.15) is 0 Å². The minimum Gasteiger partial charge on any atom is -0.0654 e. The summed E-state index contributed by atoms with van der Waals surface area (Å²) in [4.78, 5) is 0. The summed E-state index contributed by atoms with van der Waals surface area (Å²) in [7, 11) is 0. The van der Waals surface area contributed by atoms with Crippen LogP contribution in [-0.4, -0.2) is 0 Å². The smallest absolute Gasteiger partial charge is 0.0414 e. The maximum atomic E-state index is 2.32. The summed E-state index contributed by atoms with van der Waals surface area (Å²) < 4.78 is 0. The zero-order valence-electron chi connectivity index (χ0n) is 43.2. The Morgan fingerprint density at radius 1 is 0.133 bits per heavy atom. The van der Waals surface area contributed by atoms with E-state index in [1.165, 1.54) is 360 Å². The van der Waals surface area contributed by atoms with E-state index in [0.29, 0.717) is 0 Å². The van der Waals surface area contributed by atoms with Crippen LogP contribution < -0.4 is 0 Å². The first-order chi connectivity index (χ1) is 29.8. The molecule has 60 heavy (non-hydrogen) atoms. The van der Waals surface area contributed by atoms with Gasteiger partial charge in [0.15, 0.2) is 0 Å². The second kappa shape index (κ2) is 57.0. The van der Waals surface area contributed by atoms with Crippen LogP contribution >= 0.6 is 0 Å². The molecule has 0 heteroatoms. The first kappa shape index (κ1) is 60.0. The molecule has 0 aromatic rings. The van der Waals surface area contributed by atoms with Crippen LogP contribution in [0.3, 0.4) is 0 Å². The maximum Gasteiger partial charge on any atom is -0.0414 e. The first-order valence-electron chi connectivity index (χ1n) is 29.8. The summed E-state index contributed by atoms with van der Waals surface area (Å²) in [5.41, 5.74) is 0. The zero-order valence-corrected chi connectivity index (χ0v) is 43.2. The van der Waals surface area contributed by atoms with Gasteiger partial charge >= 0.3 is 0 Å². The van der Waals surface area contributed by atoms with Crippen molar-refractivity contribution in [3.63, 3.8) is 0 Å². The van der Waals surface area contributed by atoms with E-state index in [2.05, 4.69) is 20.8 Å². The third-order valence-corrected chi connectivity index (χ3v) is 14.6. The van der Waals surface area contributed by atoms with E-state index in [4.69, 9.17) is 0 Å². The van der Waals surface area contributed by atoms with Gasteiger partial charge in [-0.15, -0.1) is 0 Å². The molecule has 0 aliphatic carbocycles. The summed E-state index contributed by atoms with van der Waals surface area (Å²) in [6.45, 7) is 6.97. The van der Waals surface area contributed by atoms with E-state index in [9.17, 15) is 0 Å². The highest BCUT2D eigenvalue weighted by molar-refractivity contribution is 4.63. The standard InChI is InChI=1S/C60H122/c1-4-7-10-13-16-19-22-25-28-29-30-31-32-33-34-35-36-37-38-41-44-47-50-53-56-59-60(57-54-51-48-45-42-39-26-23-20-17-14-11-8-5-2)58-55-52-49-46-43-40-27-24-21-18-15-12-9-6-3/h60H,4-59H2,1-3H3. The SMILES string of the molecule is CCCCCCCCCCCCCCCCCCCCCCCCCCCC(CCCCCCCCCCCCCCCC)CCCCCCCCCCCCCCCC. The molecule has 0 radical (unpaired) electrons. The molecule has 0 spiro atoms. The van der Waals surface area contributed by atoms with Crippen molar-refractivity contribution >= 4 is 0 Å². The van der Waals surface area contributed by atoms with Crippen LogP contribution in [0.15, 0.2) is 0 Å². The number of unbranched alkanes of at least 4 members (excludes halogenated alkanes) is 50. The topological polar surface area (TPSA) is 0 Å². The quantitative estimate of drug-likeness (QED) is 0.0535. The molecule has 0 saturated heterocycles. The van der Waals surface area contributed by atoms with Crippen molar-refractivity contribution in [2.24, 2.45) is 5.92 Å². The van der Waals surface area contributed by atoms with Crippen molar-refractivity contribution in [3.8, 4) is 0 Å². The van der Waals surface area contributed by atoms with Crippen molar-refractivity contribution in [1.29, 1.82) is 0 Å². The Morgan fingerprint density at radius 3 is 0.350 bits per heavy atom. The molecule has 0 aliphatic heterocycles. The van der Waals surface area contributed by atoms with Gasteiger partial charge in [-0.05, 0) is 5.92 Å². The van der Waals surface area contributed by atoms with Crippen LogP contribution in [0.25, 0.3) is 0 Å². The largest absolute Gasteiger partial charge is 0.0654 e. The third kappa shape index (κ3) is 54.1. The molecule has 0 aromatic carbocycles. The van der Waals surface area contributed by atoms with Crippen molar-refractivity contribution in [1.82, 2.24) is 0 Å². The molecule has 0 unspecified atom stereocenters. The Kier molecular flexibility index (Phi) is 57.0. The van der Waals surface area contributed by atoms with E-state index in [1.54, 1.807) is 0 Å². The molecule has 0 heterocycles. The lowest BCUT2D eigenvalue weighted by Crippen LogP contribution is -2.01. The fourth-order valence-electron chi connectivity index (χ4n) is 10.3. The average Bonchev–Trinajstić information content (AvgIpc) is 3.26. The van der Waals surface area contributed by atoms with Crippen LogP contribution in [0, 0.1) is 5.92 Å². The number of hydrogen-bond acceptors (Lipinski definition) is 0. The lowest BCUT2D eigenvalue weighted by atomic mass is 9.89. The minimum atomic E-state index is 1.03. The van der Waals surface area contributed by atoms with Crippen LogP contribution in [0.1, 0.15) is 380 Å². The fraction of sp³-hybridized carbons (Fsp3) is 1.00. The van der Waals surface area contributed by atoms with E-state index in [1.807, 2.05) is 0 Å². The summed E-state index contributed by atoms with van der Waals surface area (Å²) in [5, 5.41) is 0. The molecule has 0 fully saturated rings. The Bertz CT molecular complexity index is 662. The zero-order chi connectivity index (χ0) is 43.2. The van der Waals surface area contributed by atoms with Gasteiger partial charge in [-0.25, -0.2) is 0 Å². The lowest BCUT2D eigenvalue weighted by Gasteiger charge is -2.17. The van der Waals surface area contributed by atoms with Gasteiger partial charge in [-0.2, -0.15) is 0 Å². The summed E-state index contributed by atoms with van der Waals surface area (Å²) in [6, 6.07) is 0. The van der Waals surface area contributed by atoms with Crippen molar-refractivity contribution < 1.29 is 0 Å². The molecular formula is C60H122. The monoisotopic (exact) mass is 843 g/mol. The molecular weight excluding hydrogens is 721 g/mol. The highest BCUT2D eigenvalue weighted by Gasteiger charge is 2.09. The van der Waals surface area contributed by atoms with Gasteiger partial charge in [0.05, 0.1) is 0 Å². The van der Waals surface area contributed by atoms with Gasteiger partial charge in [0.25, 0.3) is 0 Å².